The molecule has 0 amide bonds. The molecule has 4 nitrogen and oxygen atoms in total. The van der Waals surface area contributed by atoms with Gasteiger partial charge in [-0.15, -0.1) is 0 Å². The van der Waals surface area contributed by atoms with Crippen molar-refractivity contribution in [1.82, 2.24) is 4.57 Å². The quantitative estimate of drug-likeness (QED) is 0.888. The van der Waals surface area contributed by atoms with E-state index in [9.17, 15) is 4.79 Å². The minimum atomic E-state index is 0.0132. The van der Waals surface area contributed by atoms with Gasteiger partial charge in [-0.1, -0.05) is 19.4 Å². The average molecular weight is 286 g/mol. The first-order valence-corrected chi connectivity index (χ1v) is 7.28. The van der Waals surface area contributed by atoms with Crippen LogP contribution in [0.25, 0.3) is 11.3 Å². The van der Waals surface area contributed by atoms with E-state index in [0.29, 0.717) is 12.1 Å². The molecule has 0 aliphatic heterocycles. The van der Waals surface area contributed by atoms with Crippen molar-refractivity contribution in [3.8, 4) is 17.0 Å². The van der Waals surface area contributed by atoms with Crippen molar-refractivity contribution >= 4 is 0 Å². The van der Waals surface area contributed by atoms with Gasteiger partial charge in [0.15, 0.2) is 0 Å². The van der Waals surface area contributed by atoms with Gasteiger partial charge < -0.3 is 15.0 Å². The molecule has 0 saturated carbocycles. The van der Waals surface area contributed by atoms with E-state index >= 15 is 0 Å². The summed E-state index contributed by atoms with van der Waals surface area (Å²) in [5, 5.41) is 0. The van der Waals surface area contributed by atoms with Crippen LogP contribution in [-0.2, 0) is 13.1 Å². The van der Waals surface area contributed by atoms with Crippen molar-refractivity contribution in [1.29, 1.82) is 0 Å². The van der Waals surface area contributed by atoms with Crippen molar-refractivity contribution < 1.29 is 4.74 Å². The summed E-state index contributed by atoms with van der Waals surface area (Å²) in [5.41, 5.74) is 8.25. The van der Waals surface area contributed by atoms with E-state index in [1.54, 1.807) is 7.11 Å². The van der Waals surface area contributed by atoms with Crippen molar-refractivity contribution in [2.24, 2.45) is 5.73 Å². The second-order valence-electron chi connectivity index (χ2n) is 4.99. The number of unbranched alkanes of at least 4 members (excludes halogenated alkanes) is 1. The number of methoxy groups -OCH3 is 1. The van der Waals surface area contributed by atoms with E-state index in [4.69, 9.17) is 10.5 Å². The predicted molar refractivity (Wildman–Crippen MR) is 85.5 cm³/mol. The predicted octanol–water partition coefficient (Wildman–Crippen LogP) is 2.78. The highest BCUT2D eigenvalue weighted by atomic mass is 16.5. The maximum absolute atomic E-state index is 12.5. The smallest absolute Gasteiger partial charge is 0.255 e. The third-order valence-corrected chi connectivity index (χ3v) is 3.59. The highest BCUT2D eigenvalue weighted by molar-refractivity contribution is 5.61. The van der Waals surface area contributed by atoms with Crippen molar-refractivity contribution in [2.75, 3.05) is 7.11 Å². The summed E-state index contributed by atoms with van der Waals surface area (Å²) in [6.45, 7) is 3.10. The molecule has 0 aliphatic rings. The molecule has 2 aromatic rings. The second-order valence-corrected chi connectivity index (χ2v) is 4.99. The maximum atomic E-state index is 12.5. The Morgan fingerprint density at radius 2 is 1.86 bits per heavy atom. The highest BCUT2D eigenvalue weighted by Gasteiger charge is 2.09. The Kier molecular flexibility index (Phi) is 5.17. The zero-order chi connectivity index (χ0) is 15.2. The lowest BCUT2D eigenvalue weighted by molar-refractivity contribution is 0.415. The average Bonchev–Trinajstić information content (AvgIpc) is 2.53. The van der Waals surface area contributed by atoms with Crippen LogP contribution in [0, 0.1) is 0 Å². The first-order chi connectivity index (χ1) is 10.2. The maximum Gasteiger partial charge on any atom is 0.255 e. The third kappa shape index (κ3) is 3.34. The lowest BCUT2D eigenvalue weighted by Crippen LogP contribution is -2.26. The van der Waals surface area contributed by atoms with E-state index in [2.05, 4.69) is 6.92 Å². The zero-order valence-corrected chi connectivity index (χ0v) is 12.6. The second kappa shape index (κ2) is 7.09. The Balaban J connectivity index is 2.50. The summed E-state index contributed by atoms with van der Waals surface area (Å²) in [6, 6.07) is 11.5. The van der Waals surface area contributed by atoms with Gasteiger partial charge in [-0.3, -0.25) is 4.79 Å². The molecule has 0 spiro atoms. The summed E-state index contributed by atoms with van der Waals surface area (Å²) in [4.78, 5) is 12.5. The van der Waals surface area contributed by atoms with E-state index in [-0.39, 0.29) is 12.1 Å². The fourth-order valence-electron chi connectivity index (χ4n) is 2.33. The molecule has 2 N–H and O–H groups in total. The molecule has 1 heterocycles. The molecule has 1 aromatic carbocycles. The zero-order valence-electron chi connectivity index (χ0n) is 12.6. The minimum Gasteiger partial charge on any atom is -0.497 e. The molecule has 0 aliphatic carbocycles. The molecule has 0 saturated heterocycles. The fourth-order valence-corrected chi connectivity index (χ4v) is 2.33. The molecule has 2 rings (SSSR count). The Bertz CT molecular complexity index is 645. The Labute approximate surface area is 125 Å². The van der Waals surface area contributed by atoms with Gasteiger partial charge in [0.2, 0.25) is 0 Å². The topological polar surface area (TPSA) is 57.2 Å². The lowest BCUT2D eigenvalue weighted by atomic mass is 10.1. The number of nitrogens with zero attached hydrogens (tertiary/aromatic N) is 1. The molecule has 21 heavy (non-hydrogen) atoms. The molecule has 4 heteroatoms. The van der Waals surface area contributed by atoms with Crippen molar-refractivity contribution in [3.05, 3.63) is 52.3 Å². The number of aromatic nitrogens is 1. The number of hydrogen-bond donors (Lipinski definition) is 1. The summed E-state index contributed by atoms with van der Waals surface area (Å²) in [5.74, 6) is 0.805. The Morgan fingerprint density at radius 1 is 1.14 bits per heavy atom. The number of pyridine rings is 1. The molecular weight excluding hydrogens is 264 g/mol. The van der Waals surface area contributed by atoms with Crippen LogP contribution in [0.1, 0.15) is 25.3 Å². The summed E-state index contributed by atoms with van der Waals surface area (Å²) < 4.78 is 7.00. The van der Waals surface area contributed by atoms with Crippen LogP contribution in [0.5, 0.6) is 5.75 Å². The van der Waals surface area contributed by atoms with Crippen LogP contribution in [0.15, 0.2) is 41.2 Å². The van der Waals surface area contributed by atoms with E-state index < -0.39 is 0 Å². The van der Waals surface area contributed by atoms with Crippen molar-refractivity contribution in [2.45, 2.75) is 32.9 Å². The number of hydrogen-bond acceptors (Lipinski definition) is 3. The van der Waals surface area contributed by atoms with Gasteiger partial charge in [0, 0.05) is 18.7 Å². The van der Waals surface area contributed by atoms with Crippen LogP contribution in [0.4, 0.5) is 0 Å². The molecular formula is C17H22N2O2. The Morgan fingerprint density at radius 3 is 2.43 bits per heavy atom. The van der Waals surface area contributed by atoms with Crippen LogP contribution >= 0.6 is 0 Å². The third-order valence-electron chi connectivity index (χ3n) is 3.59. The summed E-state index contributed by atoms with van der Waals surface area (Å²) >= 11 is 0. The summed E-state index contributed by atoms with van der Waals surface area (Å²) in [7, 11) is 1.64. The normalized spacial score (nSPS) is 10.6. The van der Waals surface area contributed by atoms with Gasteiger partial charge in [-0.05, 0) is 42.3 Å². The monoisotopic (exact) mass is 286 g/mol. The Hall–Kier alpha value is -2.07. The largest absolute Gasteiger partial charge is 0.497 e. The molecule has 0 radical (unpaired) electrons. The van der Waals surface area contributed by atoms with Crippen LogP contribution < -0.4 is 16.0 Å². The molecule has 1 aromatic heterocycles. The van der Waals surface area contributed by atoms with Gasteiger partial charge in [0.25, 0.3) is 5.56 Å². The summed E-state index contributed by atoms with van der Waals surface area (Å²) in [6.07, 6.45) is 2.01. The molecule has 0 bridgehead atoms. The standard InChI is InChI=1S/C17H22N2O2/c1-3-4-11-19-16(10-7-14(12-18)17(19)20)13-5-8-15(21-2)9-6-13/h5-10H,3-4,11-12,18H2,1-2H3. The highest BCUT2D eigenvalue weighted by Crippen LogP contribution is 2.22. The van der Waals surface area contributed by atoms with E-state index in [0.717, 1.165) is 29.8 Å². The number of nitrogens with two attached hydrogens (primary N) is 1. The lowest BCUT2D eigenvalue weighted by Gasteiger charge is -2.14. The first kappa shape index (κ1) is 15.3. The molecule has 0 atom stereocenters. The molecule has 112 valence electrons. The first-order valence-electron chi connectivity index (χ1n) is 7.28. The minimum absolute atomic E-state index is 0.0132. The van der Waals surface area contributed by atoms with Gasteiger partial charge in [0.05, 0.1) is 12.8 Å². The molecule has 0 fully saturated rings. The fraction of sp³-hybridized carbons (Fsp3) is 0.353. The SMILES string of the molecule is CCCCn1c(-c2ccc(OC)cc2)ccc(CN)c1=O. The van der Waals surface area contributed by atoms with E-state index in [1.807, 2.05) is 41.0 Å². The van der Waals surface area contributed by atoms with Gasteiger partial charge >= 0.3 is 0 Å². The van der Waals surface area contributed by atoms with Crippen molar-refractivity contribution in [3.63, 3.8) is 0 Å². The van der Waals surface area contributed by atoms with Crippen LogP contribution in [0.3, 0.4) is 0 Å². The van der Waals surface area contributed by atoms with Gasteiger partial charge in [0.1, 0.15) is 5.75 Å². The van der Waals surface area contributed by atoms with Gasteiger partial charge in [-0.25, -0.2) is 0 Å². The van der Waals surface area contributed by atoms with Crippen LogP contribution in [-0.4, -0.2) is 11.7 Å². The number of ether oxygens (including phenoxy) is 1. The molecule has 0 unspecified atom stereocenters. The van der Waals surface area contributed by atoms with E-state index in [1.165, 1.54) is 0 Å². The number of rotatable bonds is 6. The van der Waals surface area contributed by atoms with Gasteiger partial charge in [-0.2, -0.15) is 0 Å². The van der Waals surface area contributed by atoms with Crippen LogP contribution in [0.2, 0.25) is 0 Å². The number of benzene rings is 1.